The number of hydrogen-bond acceptors (Lipinski definition) is 3. The van der Waals surface area contributed by atoms with Crippen molar-refractivity contribution in [2.24, 2.45) is 0 Å². The number of carboxylic acid groups (broad SMARTS) is 1. The van der Waals surface area contributed by atoms with Crippen LogP contribution in [0, 0.1) is 6.92 Å². The zero-order valence-electron chi connectivity index (χ0n) is 10.6. The second kappa shape index (κ2) is 7.24. The summed E-state index contributed by atoms with van der Waals surface area (Å²) in [6.45, 7) is 3.67. The molecule has 0 heterocycles. The van der Waals surface area contributed by atoms with Crippen molar-refractivity contribution in [3.63, 3.8) is 0 Å². The summed E-state index contributed by atoms with van der Waals surface area (Å²) in [4.78, 5) is 12.3. The van der Waals surface area contributed by atoms with Crippen molar-refractivity contribution in [1.29, 1.82) is 0 Å². The molecule has 0 saturated carbocycles. The van der Waals surface area contributed by atoms with Crippen LogP contribution in [-0.4, -0.2) is 42.7 Å². The topological polar surface area (TPSA) is 49.8 Å². The molecule has 0 aliphatic rings. The highest BCUT2D eigenvalue weighted by Crippen LogP contribution is 2.20. The number of ether oxygens (including phenoxy) is 1. The van der Waals surface area contributed by atoms with Crippen molar-refractivity contribution in [1.82, 2.24) is 4.90 Å². The van der Waals surface area contributed by atoms with E-state index in [0.717, 1.165) is 16.3 Å². The van der Waals surface area contributed by atoms with E-state index in [2.05, 4.69) is 0 Å². The van der Waals surface area contributed by atoms with Gasteiger partial charge in [-0.25, -0.2) is 0 Å². The minimum atomic E-state index is -0.781. The van der Waals surface area contributed by atoms with Gasteiger partial charge in [-0.1, -0.05) is 11.6 Å². The molecule has 0 atom stereocenters. The number of carbonyl (C=O) groups is 1. The molecular weight excluding hydrogens is 254 g/mol. The smallest absolute Gasteiger partial charge is 0.304 e. The predicted octanol–water partition coefficient (Wildman–Crippen LogP) is 2.43. The molecule has 100 valence electrons. The molecule has 0 aromatic heterocycles. The van der Waals surface area contributed by atoms with E-state index in [-0.39, 0.29) is 6.42 Å². The molecule has 1 rings (SSSR count). The minimum Gasteiger partial charge on any atom is -0.492 e. The van der Waals surface area contributed by atoms with E-state index >= 15 is 0 Å². The minimum absolute atomic E-state index is 0.149. The summed E-state index contributed by atoms with van der Waals surface area (Å²) in [6.07, 6.45) is 0.149. The van der Waals surface area contributed by atoms with Crippen molar-refractivity contribution in [3.8, 4) is 5.75 Å². The average Bonchev–Trinajstić information content (AvgIpc) is 2.31. The maximum absolute atomic E-state index is 10.4. The molecular formula is C13H18ClNO3. The number of benzene rings is 1. The first-order chi connectivity index (χ1) is 8.49. The van der Waals surface area contributed by atoms with Crippen molar-refractivity contribution >= 4 is 17.6 Å². The van der Waals surface area contributed by atoms with Crippen LogP contribution in [-0.2, 0) is 4.79 Å². The van der Waals surface area contributed by atoms with Gasteiger partial charge in [-0.2, -0.15) is 0 Å². The first-order valence-corrected chi connectivity index (χ1v) is 6.16. The molecule has 0 fully saturated rings. The standard InChI is InChI=1S/C13H18ClNO3/c1-10-9-11(3-4-12(10)14)18-8-7-15(2)6-5-13(16)17/h3-4,9H,5-8H2,1-2H3,(H,16,17). The van der Waals surface area contributed by atoms with Gasteiger partial charge in [-0.15, -0.1) is 0 Å². The number of nitrogens with zero attached hydrogens (tertiary/aromatic N) is 1. The number of aliphatic carboxylic acids is 1. The Hall–Kier alpha value is -1.26. The fraction of sp³-hybridized carbons (Fsp3) is 0.462. The number of likely N-dealkylation sites (N-methyl/N-ethyl adjacent to an activating group) is 1. The lowest BCUT2D eigenvalue weighted by Gasteiger charge is -2.16. The largest absolute Gasteiger partial charge is 0.492 e. The lowest BCUT2D eigenvalue weighted by Crippen LogP contribution is -2.26. The van der Waals surface area contributed by atoms with Crippen LogP contribution in [0.5, 0.6) is 5.75 Å². The Labute approximate surface area is 112 Å². The van der Waals surface area contributed by atoms with Gasteiger partial charge in [-0.3, -0.25) is 4.79 Å². The zero-order chi connectivity index (χ0) is 13.5. The van der Waals surface area contributed by atoms with Gasteiger partial charge in [0.2, 0.25) is 0 Å². The molecule has 1 N–H and O–H groups in total. The van der Waals surface area contributed by atoms with Crippen LogP contribution in [0.4, 0.5) is 0 Å². The molecule has 1 aromatic rings. The predicted molar refractivity (Wildman–Crippen MR) is 71.4 cm³/mol. The molecule has 18 heavy (non-hydrogen) atoms. The van der Waals surface area contributed by atoms with Crippen LogP contribution in [0.3, 0.4) is 0 Å². The summed E-state index contributed by atoms with van der Waals surface area (Å²) >= 11 is 5.92. The van der Waals surface area contributed by atoms with Gasteiger partial charge in [0.1, 0.15) is 12.4 Å². The maximum atomic E-state index is 10.4. The van der Waals surface area contributed by atoms with Crippen molar-refractivity contribution < 1.29 is 14.6 Å². The molecule has 0 unspecified atom stereocenters. The Morgan fingerprint density at radius 1 is 1.44 bits per heavy atom. The average molecular weight is 272 g/mol. The molecule has 4 nitrogen and oxygen atoms in total. The first-order valence-electron chi connectivity index (χ1n) is 5.78. The number of halogens is 1. The van der Waals surface area contributed by atoms with Gasteiger partial charge in [0.15, 0.2) is 0 Å². The van der Waals surface area contributed by atoms with Gasteiger partial charge in [0.25, 0.3) is 0 Å². The summed E-state index contributed by atoms with van der Waals surface area (Å²) < 4.78 is 5.57. The van der Waals surface area contributed by atoms with Crippen LogP contribution < -0.4 is 4.74 Å². The Morgan fingerprint density at radius 2 is 2.17 bits per heavy atom. The number of aryl methyl sites for hydroxylation is 1. The van der Waals surface area contributed by atoms with Crippen molar-refractivity contribution in [2.45, 2.75) is 13.3 Å². The van der Waals surface area contributed by atoms with Crippen LogP contribution in [0.2, 0.25) is 5.02 Å². The van der Waals surface area contributed by atoms with Crippen molar-refractivity contribution in [3.05, 3.63) is 28.8 Å². The summed E-state index contributed by atoms with van der Waals surface area (Å²) in [5.41, 5.74) is 0.980. The Balaban J connectivity index is 2.28. The summed E-state index contributed by atoms with van der Waals surface area (Å²) in [5, 5.41) is 9.27. The van der Waals surface area contributed by atoms with E-state index in [4.69, 9.17) is 21.4 Å². The SMILES string of the molecule is Cc1cc(OCCN(C)CCC(=O)O)ccc1Cl. The third-order valence-electron chi connectivity index (χ3n) is 2.58. The lowest BCUT2D eigenvalue weighted by atomic mass is 10.2. The molecule has 0 spiro atoms. The Kier molecular flexibility index (Phi) is 5.95. The van der Waals surface area contributed by atoms with E-state index in [9.17, 15) is 4.79 Å². The van der Waals surface area contributed by atoms with Crippen LogP contribution >= 0.6 is 11.6 Å². The van der Waals surface area contributed by atoms with E-state index in [1.54, 1.807) is 6.07 Å². The summed E-state index contributed by atoms with van der Waals surface area (Å²) in [6, 6.07) is 5.52. The highest BCUT2D eigenvalue weighted by atomic mass is 35.5. The van der Waals surface area contributed by atoms with E-state index in [0.29, 0.717) is 19.7 Å². The molecule has 1 aromatic carbocycles. The van der Waals surface area contributed by atoms with Crippen molar-refractivity contribution in [2.75, 3.05) is 26.7 Å². The van der Waals surface area contributed by atoms with Crippen LogP contribution in [0.15, 0.2) is 18.2 Å². The van der Waals surface area contributed by atoms with E-state index in [1.165, 1.54) is 0 Å². The maximum Gasteiger partial charge on any atom is 0.304 e. The Morgan fingerprint density at radius 3 is 2.78 bits per heavy atom. The third-order valence-corrected chi connectivity index (χ3v) is 3.00. The summed E-state index contributed by atoms with van der Waals surface area (Å²) in [5.74, 6) is -0.000344. The molecule has 0 radical (unpaired) electrons. The van der Waals surface area contributed by atoms with Gasteiger partial charge in [0.05, 0.1) is 6.42 Å². The molecule has 5 heteroatoms. The second-order valence-electron chi connectivity index (χ2n) is 4.21. The molecule has 0 aliphatic heterocycles. The fourth-order valence-electron chi connectivity index (χ4n) is 1.42. The highest BCUT2D eigenvalue weighted by Gasteiger charge is 2.03. The molecule has 0 saturated heterocycles. The van der Waals surface area contributed by atoms with Crippen LogP contribution in [0.1, 0.15) is 12.0 Å². The first kappa shape index (κ1) is 14.8. The fourth-order valence-corrected chi connectivity index (χ4v) is 1.54. The molecule has 0 bridgehead atoms. The normalized spacial score (nSPS) is 10.7. The zero-order valence-corrected chi connectivity index (χ0v) is 11.4. The third kappa shape index (κ3) is 5.38. The quantitative estimate of drug-likeness (QED) is 0.828. The second-order valence-corrected chi connectivity index (χ2v) is 4.61. The highest BCUT2D eigenvalue weighted by molar-refractivity contribution is 6.31. The van der Waals surface area contributed by atoms with Gasteiger partial charge in [-0.05, 0) is 37.7 Å². The van der Waals surface area contributed by atoms with Gasteiger partial charge >= 0.3 is 5.97 Å². The Bertz CT molecular complexity index is 409. The van der Waals surface area contributed by atoms with Crippen LogP contribution in [0.25, 0.3) is 0 Å². The number of rotatable bonds is 7. The molecule has 0 aliphatic carbocycles. The number of carboxylic acids is 1. The monoisotopic (exact) mass is 271 g/mol. The van der Waals surface area contributed by atoms with Gasteiger partial charge < -0.3 is 14.7 Å². The van der Waals surface area contributed by atoms with E-state index < -0.39 is 5.97 Å². The molecule has 0 amide bonds. The van der Waals surface area contributed by atoms with Gasteiger partial charge in [0, 0.05) is 18.1 Å². The summed E-state index contributed by atoms with van der Waals surface area (Å²) in [7, 11) is 1.87. The number of hydrogen-bond donors (Lipinski definition) is 1. The lowest BCUT2D eigenvalue weighted by molar-refractivity contribution is -0.137. The van der Waals surface area contributed by atoms with E-state index in [1.807, 2.05) is 31.0 Å².